The lowest BCUT2D eigenvalue weighted by Crippen LogP contribution is -2.39. The predicted octanol–water partition coefficient (Wildman–Crippen LogP) is 3.92. The minimum absolute atomic E-state index is 0.135. The molecule has 1 N–H and O–H groups in total. The number of nitrogens with one attached hydrogen (secondary N) is 1. The highest BCUT2D eigenvalue weighted by Crippen LogP contribution is 2.27. The molecule has 4 rings (SSSR count). The molecular weight excluding hydrogens is 356 g/mol. The zero-order valence-corrected chi connectivity index (χ0v) is 16.6. The Morgan fingerprint density at radius 1 is 1.04 bits per heavy atom. The topological polar surface area (TPSA) is 49.9 Å². The second kappa shape index (κ2) is 7.13. The Morgan fingerprint density at radius 3 is 2.52 bits per heavy atom. The van der Waals surface area contributed by atoms with Crippen molar-refractivity contribution in [3.63, 3.8) is 0 Å². The molecule has 0 unspecified atom stereocenters. The summed E-state index contributed by atoms with van der Waals surface area (Å²) in [6, 6.07) is 15.0. The number of aromatic amines is 1. The van der Waals surface area contributed by atoms with E-state index in [2.05, 4.69) is 30.4 Å². The van der Waals surface area contributed by atoms with Gasteiger partial charge >= 0.3 is 0 Å². The standard InChI is InChI=1S/C22H27N2O2S/c1-24(12-5-6-13-24)17-19-16-23-22-10-9-18(15-21(19)22)11-14-27(25,26)20-7-3-2-4-8-20/h2-4,7-10,15-16,23H,5-6,11-14,17H2,1H3/q+1. The van der Waals surface area contributed by atoms with Crippen molar-refractivity contribution in [3.05, 3.63) is 65.9 Å². The molecule has 0 radical (unpaired) electrons. The third kappa shape index (κ3) is 3.94. The molecule has 1 aliphatic rings. The highest BCUT2D eigenvalue weighted by molar-refractivity contribution is 7.91. The van der Waals surface area contributed by atoms with Crippen molar-refractivity contribution in [2.75, 3.05) is 25.9 Å². The molecule has 1 aliphatic heterocycles. The van der Waals surface area contributed by atoms with Crippen LogP contribution >= 0.6 is 0 Å². The number of quaternary nitrogens is 1. The van der Waals surface area contributed by atoms with E-state index in [-0.39, 0.29) is 5.75 Å². The van der Waals surface area contributed by atoms with Crippen molar-refractivity contribution in [2.24, 2.45) is 0 Å². The lowest BCUT2D eigenvalue weighted by Gasteiger charge is -2.28. The number of likely N-dealkylation sites (tertiary alicyclic amines) is 1. The van der Waals surface area contributed by atoms with Crippen molar-refractivity contribution in [1.82, 2.24) is 4.98 Å². The van der Waals surface area contributed by atoms with Gasteiger partial charge in [-0.2, -0.15) is 0 Å². The summed E-state index contributed by atoms with van der Waals surface area (Å²) in [5.41, 5.74) is 3.54. The van der Waals surface area contributed by atoms with E-state index in [9.17, 15) is 8.42 Å². The second-order valence-electron chi connectivity index (χ2n) is 8.01. The summed E-state index contributed by atoms with van der Waals surface area (Å²) in [6.07, 6.45) is 5.27. The Balaban J connectivity index is 1.54. The van der Waals surface area contributed by atoms with Gasteiger partial charge in [0.25, 0.3) is 0 Å². The van der Waals surface area contributed by atoms with E-state index in [1.54, 1.807) is 24.3 Å². The van der Waals surface area contributed by atoms with Gasteiger partial charge in [0.05, 0.1) is 30.8 Å². The highest BCUT2D eigenvalue weighted by atomic mass is 32.2. The van der Waals surface area contributed by atoms with Crippen LogP contribution in [0, 0.1) is 0 Å². The molecule has 0 spiro atoms. The van der Waals surface area contributed by atoms with Crippen LogP contribution in [0.2, 0.25) is 0 Å². The molecule has 4 nitrogen and oxygen atoms in total. The van der Waals surface area contributed by atoms with E-state index < -0.39 is 9.84 Å². The lowest BCUT2D eigenvalue weighted by molar-refractivity contribution is -0.910. The number of rotatable bonds is 6. The molecule has 0 atom stereocenters. The number of H-pyrrole nitrogens is 1. The smallest absolute Gasteiger partial charge is 0.178 e. The zero-order valence-electron chi connectivity index (χ0n) is 15.8. The molecule has 0 amide bonds. The van der Waals surface area contributed by atoms with Gasteiger partial charge in [0, 0.05) is 35.5 Å². The third-order valence-corrected chi connectivity index (χ3v) is 7.52. The molecule has 0 bridgehead atoms. The van der Waals surface area contributed by atoms with Crippen LogP contribution in [0.15, 0.2) is 59.6 Å². The molecule has 27 heavy (non-hydrogen) atoms. The first kappa shape index (κ1) is 18.3. The average Bonchev–Trinajstić information content (AvgIpc) is 3.27. The van der Waals surface area contributed by atoms with Crippen LogP contribution in [0.1, 0.15) is 24.0 Å². The minimum Gasteiger partial charge on any atom is -0.361 e. The predicted molar refractivity (Wildman–Crippen MR) is 109 cm³/mol. The first-order valence-corrected chi connectivity index (χ1v) is 11.3. The van der Waals surface area contributed by atoms with Gasteiger partial charge < -0.3 is 9.47 Å². The van der Waals surface area contributed by atoms with Gasteiger partial charge in [0.2, 0.25) is 0 Å². The summed E-state index contributed by atoms with van der Waals surface area (Å²) < 4.78 is 26.2. The van der Waals surface area contributed by atoms with Crippen LogP contribution < -0.4 is 0 Å². The van der Waals surface area contributed by atoms with E-state index >= 15 is 0 Å². The summed E-state index contributed by atoms with van der Waals surface area (Å²) in [5, 5.41) is 1.23. The van der Waals surface area contributed by atoms with Crippen LogP contribution in [0.3, 0.4) is 0 Å². The summed E-state index contributed by atoms with van der Waals surface area (Å²) in [5.74, 6) is 0.135. The van der Waals surface area contributed by atoms with Gasteiger partial charge in [-0.05, 0) is 36.2 Å². The molecule has 1 aromatic heterocycles. The fourth-order valence-corrected chi connectivity index (χ4v) is 5.49. The van der Waals surface area contributed by atoms with Crippen molar-refractivity contribution >= 4 is 20.7 Å². The fourth-order valence-electron chi connectivity index (χ4n) is 4.18. The Labute approximate surface area is 161 Å². The van der Waals surface area contributed by atoms with E-state index in [1.165, 1.54) is 36.9 Å². The fraction of sp³-hybridized carbons (Fsp3) is 0.364. The molecule has 2 aromatic carbocycles. The summed E-state index contributed by atoms with van der Waals surface area (Å²) in [6.45, 7) is 3.51. The van der Waals surface area contributed by atoms with Gasteiger partial charge in [-0.15, -0.1) is 0 Å². The van der Waals surface area contributed by atoms with Crippen LogP contribution in [-0.4, -0.2) is 43.8 Å². The number of nitrogens with zero attached hydrogens (tertiary/aromatic N) is 1. The van der Waals surface area contributed by atoms with Gasteiger partial charge in [0.1, 0.15) is 6.54 Å². The van der Waals surface area contributed by atoms with E-state index in [0.29, 0.717) is 11.3 Å². The largest absolute Gasteiger partial charge is 0.361 e. The molecule has 0 saturated carbocycles. The van der Waals surface area contributed by atoms with Crippen molar-refractivity contribution in [3.8, 4) is 0 Å². The summed E-state index contributed by atoms with van der Waals surface area (Å²) in [4.78, 5) is 3.78. The van der Waals surface area contributed by atoms with Gasteiger partial charge in [-0.3, -0.25) is 0 Å². The molecule has 3 aromatic rings. The number of fused-ring (bicyclic) bond motifs is 1. The minimum atomic E-state index is -3.25. The highest BCUT2D eigenvalue weighted by Gasteiger charge is 2.28. The van der Waals surface area contributed by atoms with Crippen LogP contribution in [0.4, 0.5) is 0 Å². The first-order valence-electron chi connectivity index (χ1n) is 9.66. The Bertz CT molecular complexity index is 1030. The molecule has 1 fully saturated rings. The molecule has 5 heteroatoms. The summed E-state index contributed by atoms with van der Waals surface area (Å²) in [7, 11) is -0.912. The van der Waals surface area contributed by atoms with Gasteiger partial charge in [0.15, 0.2) is 9.84 Å². The van der Waals surface area contributed by atoms with Crippen molar-refractivity contribution < 1.29 is 12.9 Å². The van der Waals surface area contributed by atoms with Crippen LogP contribution in [0.25, 0.3) is 10.9 Å². The third-order valence-electron chi connectivity index (χ3n) is 5.79. The normalized spacial score (nSPS) is 16.8. The molecule has 0 aliphatic carbocycles. The molecule has 1 saturated heterocycles. The number of aryl methyl sites for hydroxylation is 1. The van der Waals surface area contributed by atoms with Crippen molar-refractivity contribution in [2.45, 2.75) is 30.7 Å². The first-order chi connectivity index (χ1) is 13.0. The lowest BCUT2D eigenvalue weighted by atomic mass is 10.1. The maximum atomic E-state index is 12.5. The maximum Gasteiger partial charge on any atom is 0.178 e. The SMILES string of the molecule is C[N+]1(Cc2c[nH]c3ccc(CCS(=O)(=O)c4ccccc4)cc23)CCCC1. The number of hydrogen-bond donors (Lipinski definition) is 1. The number of sulfone groups is 1. The van der Waals surface area contributed by atoms with Crippen molar-refractivity contribution in [1.29, 1.82) is 0 Å². The number of aromatic nitrogens is 1. The maximum absolute atomic E-state index is 12.5. The van der Waals surface area contributed by atoms with Gasteiger partial charge in [-0.1, -0.05) is 24.3 Å². The monoisotopic (exact) mass is 383 g/mol. The quantitative estimate of drug-likeness (QED) is 0.656. The van der Waals surface area contributed by atoms with Crippen LogP contribution in [0.5, 0.6) is 0 Å². The molecule has 2 heterocycles. The number of benzene rings is 2. The van der Waals surface area contributed by atoms with Gasteiger partial charge in [-0.25, -0.2) is 8.42 Å². The summed E-state index contributed by atoms with van der Waals surface area (Å²) >= 11 is 0. The molecular formula is C22H27N2O2S+. The Kier molecular flexibility index (Phi) is 4.82. The zero-order chi connectivity index (χ0) is 18.9. The second-order valence-corrected chi connectivity index (χ2v) is 10.1. The van der Waals surface area contributed by atoms with E-state index in [1.807, 2.05) is 12.1 Å². The van der Waals surface area contributed by atoms with Crippen LogP contribution in [-0.2, 0) is 22.8 Å². The Hall–Kier alpha value is -2.11. The number of hydrogen-bond acceptors (Lipinski definition) is 2. The van der Waals surface area contributed by atoms with E-state index in [4.69, 9.17) is 0 Å². The average molecular weight is 384 g/mol. The Morgan fingerprint density at radius 2 is 1.78 bits per heavy atom. The molecule has 142 valence electrons. The van der Waals surface area contributed by atoms with E-state index in [0.717, 1.165) is 22.1 Å².